The molecule has 1 unspecified atom stereocenters. The van der Waals surface area contributed by atoms with Crippen LogP contribution in [0.1, 0.15) is 19.8 Å². The summed E-state index contributed by atoms with van der Waals surface area (Å²) in [5.41, 5.74) is 7.24. The highest BCUT2D eigenvalue weighted by atomic mass is 35.5. The molecule has 0 aliphatic rings. The van der Waals surface area contributed by atoms with Gasteiger partial charge in [-0.15, -0.1) is 11.8 Å². The Bertz CT molecular complexity index is 352. The predicted molar refractivity (Wildman–Crippen MR) is 74.2 cm³/mol. The molecule has 0 fully saturated rings. The van der Waals surface area contributed by atoms with Gasteiger partial charge in [-0.3, -0.25) is 0 Å². The van der Waals surface area contributed by atoms with E-state index in [9.17, 15) is 0 Å². The smallest absolute Gasteiger partial charge is 0.0541 e. The van der Waals surface area contributed by atoms with Gasteiger partial charge in [-0.25, -0.2) is 0 Å². The molecule has 0 aliphatic heterocycles. The zero-order chi connectivity index (χ0) is 12.0. The molecule has 1 aromatic carbocycles. The average Bonchev–Trinajstić information content (AvgIpc) is 2.28. The van der Waals surface area contributed by atoms with Crippen LogP contribution in [-0.2, 0) is 0 Å². The van der Waals surface area contributed by atoms with Gasteiger partial charge in [-0.05, 0) is 25.0 Å². The summed E-state index contributed by atoms with van der Waals surface area (Å²) in [7, 11) is 0. The summed E-state index contributed by atoms with van der Waals surface area (Å²) >= 11 is 7.77. The molecular formula is C13H18ClNS. The second-order valence-electron chi connectivity index (χ2n) is 3.81. The molecule has 0 saturated carbocycles. The van der Waals surface area contributed by atoms with Crippen molar-refractivity contribution in [3.05, 3.63) is 41.4 Å². The molecule has 16 heavy (non-hydrogen) atoms. The molecule has 3 heteroatoms. The van der Waals surface area contributed by atoms with E-state index in [1.807, 2.05) is 24.3 Å². The first-order valence-corrected chi connectivity index (χ1v) is 6.79. The van der Waals surface area contributed by atoms with Gasteiger partial charge in [0, 0.05) is 16.7 Å². The molecule has 1 nitrogen and oxygen atoms in total. The van der Waals surface area contributed by atoms with E-state index < -0.39 is 0 Å². The molecule has 0 spiro atoms. The van der Waals surface area contributed by atoms with Crippen LogP contribution in [0.2, 0.25) is 5.02 Å². The number of nitrogens with two attached hydrogens (primary N) is 1. The molecule has 1 aromatic rings. The third-order valence-electron chi connectivity index (χ3n) is 2.34. The van der Waals surface area contributed by atoms with Gasteiger partial charge in [0.05, 0.1) is 5.02 Å². The molecule has 2 N–H and O–H groups in total. The van der Waals surface area contributed by atoms with Gasteiger partial charge in [0.25, 0.3) is 0 Å². The van der Waals surface area contributed by atoms with Gasteiger partial charge >= 0.3 is 0 Å². The first kappa shape index (κ1) is 13.6. The number of halogens is 1. The summed E-state index contributed by atoms with van der Waals surface area (Å²) in [6.07, 6.45) is 1.90. The fourth-order valence-corrected chi connectivity index (χ4v) is 2.52. The largest absolute Gasteiger partial charge is 0.327 e. The highest BCUT2D eigenvalue weighted by Crippen LogP contribution is 2.27. The molecule has 1 atom stereocenters. The van der Waals surface area contributed by atoms with E-state index in [2.05, 4.69) is 13.5 Å². The summed E-state index contributed by atoms with van der Waals surface area (Å²) in [5.74, 6) is 0.878. The maximum absolute atomic E-state index is 6.06. The lowest BCUT2D eigenvalue weighted by molar-refractivity contribution is 0.726. The van der Waals surface area contributed by atoms with E-state index in [1.165, 1.54) is 5.57 Å². The number of rotatable bonds is 6. The molecule has 0 saturated heterocycles. The minimum atomic E-state index is 0.161. The molecule has 0 radical (unpaired) electrons. The first-order valence-electron chi connectivity index (χ1n) is 5.43. The predicted octanol–water partition coefficient (Wildman–Crippen LogP) is 4.12. The monoisotopic (exact) mass is 255 g/mol. The van der Waals surface area contributed by atoms with Gasteiger partial charge in [-0.1, -0.05) is 42.8 Å². The maximum Gasteiger partial charge on any atom is 0.0541 e. The van der Waals surface area contributed by atoms with Gasteiger partial charge in [0.1, 0.15) is 0 Å². The SMILES string of the molecule is C=C(CC)CC(N)CSc1ccccc1Cl. The lowest BCUT2D eigenvalue weighted by atomic mass is 10.1. The van der Waals surface area contributed by atoms with Crippen molar-refractivity contribution >= 4 is 23.4 Å². The molecule has 0 aliphatic carbocycles. The van der Waals surface area contributed by atoms with Crippen LogP contribution < -0.4 is 5.73 Å². The molecule has 88 valence electrons. The van der Waals surface area contributed by atoms with Crippen LogP contribution >= 0.6 is 23.4 Å². The number of hydrogen-bond acceptors (Lipinski definition) is 2. The van der Waals surface area contributed by atoms with E-state index >= 15 is 0 Å². The Balaban J connectivity index is 2.40. The fourth-order valence-electron chi connectivity index (χ4n) is 1.33. The number of hydrogen-bond donors (Lipinski definition) is 1. The zero-order valence-corrected chi connectivity index (χ0v) is 11.2. The van der Waals surface area contributed by atoms with E-state index in [-0.39, 0.29) is 6.04 Å². The van der Waals surface area contributed by atoms with Gasteiger partial charge in [0.15, 0.2) is 0 Å². The molecule has 0 amide bonds. The fraction of sp³-hybridized carbons (Fsp3) is 0.385. The third-order valence-corrected chi connectivity index (χ3v) is 4.04. The minimum absolute atomic E-state index is 0.161. The highest BCUT2D eigenvalue weighted by molar-refractivity contribution is 7.99. The van der Waals surface area contributed by atoms with Crippen molar-refractivity contribution in [1.29, 1.82) is 0 Å². The van der Waals surface area contributed by atoms with Crippen LogP contribution in [0.5, 0.6) is 0 Å². The van der Waals surface area contributed by atoms with Crippen LogP contribution in [0, 0.1) is 0 Å². The molecule has 1 rings (SSSR count). The van der Waals surface area contributed by atoms with Gasteiger partial charge in [0.2, 0.25) is 0 Å². The Hall–Kier alpha value is -0.440. The number of thioether (sulfide) groups is 1. The van der Waals surface area contributed by atoms with E-state index in [1.54, 1.807) is 11.8 Å². The van der Waals surface area contributed by atoms with Crippen molar-refractivity contribution in [2.75, 3.05) is 5.75 Å². The summed E-state index contributed by atoms with van der Waals surface area (Å²) in [6.45, 7) is 6.08. The summed E-state index contributed by atoms with van der Waals surface area (Å²) in [4.78, 5) is 1.10. The Kier molecular flexibility index (Phi) is 5.96. The van der Waals surface area contributed by atoms with Crippen molar-refractivity contribution in [2.45, 2.75) is 30.7 Å². The molecule has 0 aromatic heterocycles. The second kappa shape index (κ2) is 7.00. The molecular weight excluding hydrogens is 238 g/mol. The highest BCUT2D eigenvalue weighted by Gasteiger charge is 2.06. The van der Waals surface area contributed by atoms with E-state index in [0.29, 0.717) is 0 Å². The minimum Gasteiger partial charge on any atom is -0.327 e. The van der Waals surface area contributed by atoms with Crippen molar-refractivity contribution in [3.63, 3.8) is 0 Å². The standard InChI is InChI=1S/C13H18ClNS/c1-3-10(2)8-11(15)9-16-13-7-5-4-6-12(13)14/h4-7,11H,2-3,8-9,15H2,1H3. The van der Waals surface area contributed by atoms with E-state index in [4.69, 9.17) is 17.3 Å². The molecule has 0 bridgehead atoms. The van der Waals surface area contributed by atoms with E-state index in [0.717, 1.165) is 28.5 Å². The zero-order valence-electron chi connectivity index (χ0n) is 9.58. The summed E-state index contributed by atoms with van der Waals surface area (Å²) in [6, 6.07) is 8.01. The van der Waals surface area contributed by atoms with Crippen LogP contribution in [0.4, 0.5) is 0 Å². The Morgan fingerprint density at radius 3 is 2.81 bits per heavy atom. The molecule has 0 heterocycles. The second-order valence-corrected chi connectivity index (χ2v) is 5.28. The topological polar surface area (TPSA) is 26.0 Å². The van der Waals surface area contributed by atoms with Gasteiger partial charge < -0.3 is 5.73 Å². The van der Waals surface area contributed by atoms with Crippen molar-refractivity contribution in [1.82, 2.24) is 0 Å². The lowest BCUT2D eigenvalue weighted by Crippen LogP contribution is -2.23. The van der Waals surface area contributed by atoms with Crippen LogP contribution in [0.3, 0.4) is 0 Å². The van der Waals surface area contributed by atoms with Crippen LogP contribution in [0.25, 0.3) is 0 Å². The average molecular weight is 256 g/mol. The summed E-state index contributed by atoms with van der Waals surface area (Å²) < 4.78 is 0. The Morgan fingerprint density at radius 2 is 2.19 bits per heavy atom. The van der Waals surface area contributed by atoms with Crippen molar-refractivity contribution < 1.29 is 0 Å². The first-order chi connectivity index (χ1) is 7.63. The number of benzene rings is 1. The van der Waals surface area contributed by atoms with Crippen molar-refractivity contribution in [3.8, 4) is 0 Å². The van der Waals surface area contributed by atoms with Crippen LogP contribution in [0.15, 0.2) is 41.3 Å². The van der Waals surface area contributed by atoms with Crippen LogP contribution in [-0.4, -0.2) is 11.8 Å². The van der Waals surface area contributed by atoms with Gasteiger partial charge in [-0.2, -0.15) is 0 Å². The lowest BCUT2D eigenvalue weighted by Gasteiger charge is -2.12. The Morgan fingerprint density at radius 1 is 1.50 bits per heavy atom. The normalized spacial score (nSPS) is 12.4. The quantitative estimate of drug-likeness (QED) is 0.611. The third kappa shape index (κ3) is 4.60. The Labute approximate surface area is 107 Å². The summed E-state index contributed by atoms with van der Waals surface area (Å²) in [5, 5.41) is 0.800. The maximum atomic E-state index is 6.06. The van der Waals surface area contributed by atoms with Crippen molar-refractivity contribution in [2.24, 2.45) is 5.73 Å².